The number of hydrogen-bond acceptors (Lipinski definition) is 3. The van der Waals surface area contributed by atoms with E-state index in [1.54, 1.807) is 12.1 Å². The lowest BCUT2D eigenvalue weighted by atomic mass is 10.0. The van der Waals surface area contributed by atoms with Gasteiger partial charge in [0.25, 0.3) is 0 Å². The van der Waals surface area contributed by atoms with E-state index in [1.807, 2.05) is 55.9 Å². The van der Waals surface area contributed by atoms with Crippen molar-refractivity contribution in [3.8, 4) is 5.69 Å². The monoisotopic (exact) mass is 493 g/mol. The molecule has 2 N–H and O–H groups in total. The molecule has 0 radical (unpaired) electrons. The van der Waals surface area contributed by atoms with Crippen LogP contribution in [0, 0.1) is 26.6 Å². The van der Waals surface area contributed by atoms with E-state index in [4.69, 9.17) is 0 Å². The summed E-state index contributed by atoms with van der Waals surface area (Å²) in [5.74, 6) is -0.284. The van der Waals surface area contributed by atoms with E-state index in [1.165, 1.54) is 17.0 Å². The zero-order valence-corrected chi connectivity index (χ0v) is 21.0. The average molecular weight is 494 g/mol. The second kappa shape index (κ2) is 9.18. The number of piperidine rings is 1. The Morgan fingerprint density at radius 2 is 1.77 bits per heavy atom. The summed E-state index contributed by atoms with van der Waals surface area (Å²) in [6, 6.07) is 16.0. The predicted molar refractivity (Wildman–Crippen MR) is 135 cm³/mol. The van der Waals surface area contributed by atoms with E-state index >= 15 is 0 Å². The molecule has 3 aromatic carbocycles. The summed E-state index contributed by atoms with van der Waals surface area (Å²) in [4.78, 5) is 1.61. The number of rotatable bonds is 5. The van der Waals surface area contributed by atoms with Crippen molar-refractivity contribution in [1.82, 2.24) is 14.5 Å². The number of nitrogens with zero attached hydrogens (tertiary/aromatic N) is 2. The number of benzene rings is 3. The maximum absolute atomic E-state index is 13.4. The topological polar surface area (TPSA) is 68.4 Å². The van der Waals surface area contributed by atoms with Crippen molar-refractivity contribution in [2.75, 3.05) is 13.1 Å². The van der Waals surface area contributed by atoms with Crippen LogP contribution < -0.4 is 9.62 Å². The summed E-state index contributed by atoms with van der Waals surface area (Å²) < 4.78 is 44.9. The van der Waals surface area contributed by atoms with Crippen LogP contribution in [0.25, 0.3) is 16.6 Å². The molecule has 0 saturated carbocycles. The number of halogens is 1. The summed E-state index contributed by atoms with van der Waals surface area (Å²) in [7, 11) is -3.63. The number of hydrogen-bond donors (Lipinski definition) is 2. The summed E-state index contributed by atoms with van der Waals surface area (Å²) >= 11 is 0. The molecule has 0 amide bonds. The number of aryl methyl sites for hydroxylation is 3. The second-order valence-electron chi connectivity index (χ2n) is 9.52. The predicted octanol–water partition coefficient (Wildman–Crippen LogP) is 3.75. The lowest BCUT2D eigenvalue weighted by molar-refractivity contribution is -0.838. The Hall–Kier alpha value is -3.07. The Labute approximate surface area is 205 Å². The number of aromatic nitrogens is 2. The Morgan fingerprint density at radius 3 is 2.49 bits per heavy atom. The Morgan fingerprint density at radius 1 is 1.06 bits per heavy atom. The third kappa shape index (κ3) is 4.61. The number of nitrogens with one attached hydrogen (secondary N) is 2. The fourth-order valence-corrected chi connectivity index (χ4v) is 7.15. The van der Waals surface area contributed by atoms with Gasteiger partial charge in [-0.05, 0) is 81.1 Å². The van der Waals surface area contributed by atoms with Gasteiger partial charge in [-0.25, -0.2) is 22.2 Å². The average Bonchev–Trinajstić information content (AvgIpc) is 3.23. The van der Waals surface area contributed by atoms with Gasteiger partial charge in [0.1, 0.15) is 11.5 Å². The number of sulfonamides is 1. The highest BCUT2D eigenvalue weighted by Crippen LogP contribution is 2.25. The molecule has 1 aliphatic heterocycles. The van der Waals surface area contributed by atoms with E-state index in [-0.39, 0.29) is 11.9 Å². The van der Waals surface area contributed by atoms with Crippen LogP contribution in [0.1, 0.15) is 29.5 Å². The maximum Gasteiger partial charge on any atom is 0.241 e. The third-order valence-corrected chi connectivity index (χ3v) is 8.61. The van der Waals surface area contributed by atoms with Crippen LogP contribution in [0.2, 0.25) is 0 Å². The van der Waals surface area contributed by atoms with Gasteiger partial charge in [-0.1, -0.05) is 23.8 Å². The van der Waals surface area contributed by atoms with Crippen molar-refractivity contribution in [3.63, 3.8) is 0 Å². The first-order valence-electron chi connectivity index (χ1n) is 11.9. The van der Waals surface area contributed by atoms with Gasteiger partial charge in [0.2, 0.25) is 10.0 Å². The van der Waals surface area contributed by atoms with Crippen LogP contribution in [0.5, 0.6) is 0 Å². The van der Waals surface area contributed by atoms with Crippen molar-refractivity contribution in [2.45, 2.75) is 44.6 Å². The smallest absolute Gasteiger partial charge is 0.241 e. The van der Waals surface area contributed by atoms with Gasteiger partial charge in [-0.2, -0.15) is 5.10 Å². The first-order valence-corrected chi connectivity index (χ1v) is 13.4. The molecule has 5 rings (SSSR count). The van der Waals surface area contributed by atoms with Crippen LogP contribution in [0.15, 0.2) is 65.7 Å². The van der Waals surface area contributed by atoms with Gasteiger partial charge < -0.3 is 4.90 Å². The minimum absolute atomic E-state index is 0.161. The molecule has 1 aromatic heterocycles. The highest BCUT2D eigenvalue weighted by atomic mass is 32.2. The molecule has 4 aromatic rings. The van der Waals surface area contributed by atoms with Crippen LogP contribution in [0.3, 0.4) is 0 Å². The van der Waals surface area contributed by atoms with Gasteiger partial charge in [-0.15, -0.1) is 0 Å². The highest BCUT2D eigenvalue weighted by molar-refractivity contribution is 7.89. The standard InChI is InChI=1S/C27H29FN4O2S/c1-18-14-19(2)27(20(3)15-18)35(33,34)30-22-6-5-13-31(17-22)25-7-4-8-26-24(25)16-29-32(26)23-11-9-21(28)10-12-23/h4,7-12,14-16,22,30H,5-6,13,17H2,1-3H3/p+1/t22-/m0/s1. The molecule has 2 heterocycles. The molecule has 6 nitrogen and oxygen atoms in total. The lowest BCUT2D eigenvalue weighted by Crippen LogP contribution is -3.10. The molecule has 1 unspecified atom stereocenters. The molecule has 1 fully saturated rings. The Balaban J connectivity index is 1.42. The first-order chi connectivity index (χ1) is 16.7. The van der Waals surface area contributed by atoms with Crippen molar-refractivity contribution < 1.29 is 17.7 Å². The second-order valence-corrected chi connectivity index (χ2v) is 11.2. The van der Waals surface area contributed by atoms with Gasteiger partial charge in [-0.3, -0.25) is 0 Å². The van der Waals surface area contributed by atoms with E-state index in [2.05, 4.69) is 15.9 Å². The minimum Gasteiger partial charge on any atom is -0.301 e. The molecule has 1 saturated heterocycles. The normalized spacial score (nSPS) is 18.7. The van der Waals surface area contributed by atoms with Crippen LogP contribution in [0.4, 0.5) is 10.1 Å². The molecule has 35 heavy (non-hydrogen) atoms. The fraction of sp³-hybridized carbons (Fsp3) is 0.296. The molecule has 0 spiro atoms. The number of fused-ring (bicyclic) bond motifs is 1. The third-order valence-electron chi connectivity index (χ3n) is 6.78. The summed E-state index contributed by atoms with van der Waals surface area (Å²) in [5, 5.41) is 5.58. The Bertz CT molecular complexity index is 1470. The Kier molecular flexibility index (Phi) is 6.21. The zero-order chi connectivity index (χ0) is 24.7. The molecule has 2 atom stereocenters. The maximum atomic E-state index is 13.4. The van der Waals surface area contributed by atoms with Crippen molar-refractivity contribution >= 4 is 26.6 Å². The van der Waals surface area contributed by atoms with E-state index in [0.29, 0.717) is 11.4 Å². The van der Waals surface area contributed by atoms with Crippen LogP contribution in [-0.2, 0) is 10.0 Å². The highest BCUT2D eigenvalue weighted by Gasteiger charge is 2.31. The minimum atomic E-state index is -3.63. The first kappa shape index (κ1) is 23.7. The van der Waals surface area contributed by atoms with Crippen molar-refractivity contribution in [2.24, 2.45) is 0 Å². The van der Waals surface area contributed by atoms with Crippen LogP contribution in [-0.4, -0.2) is 37.3 Å². The van der Waals surface area contributed by atoms with Gasteiger partial charge in [0, 0.05) is 0 Å². The fourth-order valence-electron chi connectivity index (χ4n) is 5.43. The van der Waals surface area contributed by atoms with Gasteiger partial charge in [0.05, 0.1) is 46.8 Å². The van der Waals surface area contributed by atoms with Crippen molar-refractivity contribution in [3.05, 3.63) is 83.3 Å². The molecule has 8 heteroatoms. The van der Waals surface area contributed by atoms with E-state index in [9.17, 15) is 12.8 Å². The molecule has 182 valence electrons. The summed E-state index contributed by atoms with van der Waals surface area (Å²) in [5.41, 5.74) is 5.43. The summed E-state index contributed by atoms with van der Waals surface area (Å²) in [6.07, 6.45) is 3.56. The van der Waals surface area contributed by atoms with E-state index < -0.39 is 10.0 Å². The molecular weight excluding hydrogens is 463 g/mol. The van der Waals surface area contributed by atoms with Gasteiger partial charge in [0.15, 0.2) is 0 Å². The molecule has 0 aliphatic carbocycles. The quantitative estimate of drug-likeness (QED) is 0.445. The molecule has 1 aliphatic rings. The molecule has 0 bridgehead atoms. The van der Waals surface area contributed by atoms with Crippen LogP contribution >= 0.6 is 0 Å². The SMILES string of the molecule is Cc1cc(C)c(S(=O)(=O)N[C@H]2CCC[NH+](c3cccc4c3cnn4-c3ccc(F)cc3)C2)c(C)c1. The zero-order valence-electron chi connectivity index (χ0n) is 20.2. The van der Waals surface area contributed by atoms with Crippen molar-refractivity contribution in [1.29, 1.82) is 0 Å². The lowest BCUT2D eigenvalue weighted by Gasteiger charge is -2.30. The van der Waals surface area contributed by atoms with E-state index in [0.717, 1.165) is 58.4 Å². The summed E-state index contributed by atoms with van der Waals surface area (Å²) in [6.45, 7) is 7.26. The number of quaternary nitrogens is 1. The largest absolute Gasteiger partial charge is 0.301 e. The molecular formula is C27H30FN4O2S+. The van der Waals surface area contributed by atoms with Gasteiger partial charge >= 0.3 is 0 Å².